The fourth-order valence-electron chi connectivity index (χ4n) is 1.82. The van der Waals surface area contributed by atoms with E-state index in [0.717, 1.165) is 22.1 Å². The Morgan fingerprint density at radius 1 is 1.47 bits per heavy atom. The normalized spacial score (nSPS) is 10.7. The number of aryl methyl sites for hydroxylation is 2. The van der Waals surface area contributed by atoms with Crippen LogP contribution in [0.15, 0.2) is 22.7 Å². The largest absolute Gasteiger partial charge is 0.475 e. The standard InChI is InChI=1S/C13H14BrN3O2/c1-3-4-11-15-12(13(18)19)16-17(11)10-7-9(14)6-5-8(10)2/h5-7H,3-4H2,1-2H3,(H,18,19). The maximum atomic E-state index is 11.0. The summed E-state index contributed by atoms with van der Waals surface area (Å²) in [7, 11) is 0. The Labute approximate surface area is 119 Å². The van der Waals surface area contributed by atoms with Crippen molar-refractivity contribution in [3.8, 4) is 5.69 Å². The van der Waals surface area contributed by atoms with Crippen LogP contribution in [0.3, 0.4) is 0 Å². The summed E-state index contributed by atoms with van der Waals surface area (Å²) >= 11 is 3.42. The monoisotopic (exact) mass is 323 g/mol. The highest BCUT2D eigenvalue weighted by Crippen LogP contribution is 2.21. The second-order valence-corrected chi connectivity index (χ2v) is 5.17. The van der Waals surface area contributed by atoms with Crippen LogP contribution in [0.1, 0.15) is 35.4 Å². The summed E-state index contributed by atoms with van der Waals surface area (Å²) in [6, 6.07) is 5.80. The molecular weight excluding hydrogens is 310 g/mol. The van der Waals surface area contributed by atoms with E-state index >= 15 is 0 Å². The van der Waals surface area contributed by atoms with Crippen LogP contribution in [0.25, 0.3) is 5.69 Å². The first kappa shape index (κ1) is 13.7. The van der Waals surface area contributed by atoms with Crippen LogP contribution in [-0.2, 0) is 6.42 Å². The number of rotatable bonds is 4. The number of nitrogens with zero attached hydrogens (tertiary/aromatic N) is 3. The number of hydrogen-bond acceptors (Lipinski definition) is 3. The van der Waals surface area contributed by atoms with Gasteiger partial charge in [0.2, 0.25) is 0 Å². The second-order valence-electron chi connectivity index (χ2n) is 4.25. The minimum absolute atomic E-state index is 0.164. The molecule has 0 bridgehead atoms. The van der Waals surface area contributed by atoms with E-state index in [1.807, 2.05) is 32.0 Å². The average molecular weight is 324 g/mol. The van der Waals surface area contributed by atoms with E-state index in [9.17, 15) is 4.79 Å². The van der Waals surface area contributed by atoms with E-state index in [2.05, 4.69) is 26.0 Å². The van der Waals surface area contributed by atoms with E-state index in [-0.39, 0.29) is 5.82 Å². The van der Waals surface area contributed by atoms with Gasteiger partial charge in [0.05, 0.1) is 5.69 Å². The molecule has 6 heteroatoms. The van der Waals surface area contributed by atoms with Gasteiger partial charge in [0.25, 0.3) is 5.82 Å². The van der Waals surface area contributed by atoms with Crippen LogP contribution in [0.5, 0.6) is 0 Å². The highest BCUT2D eigenvalue weighted by molar-refractivity contribution is 9.10. The number of carbonyl (C=O) groups is 1. The Bertz CT molecular complexity index is 622. The molecule has 0 spiro atoms. The molecule has 0 amide bonds. The third-order valence-corrected chi connectivity index (χ3v) is 3.23. The number of hydrogen-bond donors (Lipinski definition) is 1. The maximum Gasteiger partial charge on any atom is 0.375 e. The van der Waals surface area contributed by atoms with Crippen molar-refractivity contribution in [2.45, 2.75) is 26.7 Å². The molecule has 5 nitrogen and oxygen atoms in total. The molecule has 1 aromatic carbocycles. The first-order valence-electron chi connectivity index (χ1n) is 5.98. The Balaban J connectivity index is 2.59. The smallest absolute Gasteiger partial charge is 0.375 e. The van der Waals surface area contributed by atoms with Crippen LogP contribution in [-0.4, -0.2) is 25.8 Å². The molecule has 1 N–H and O–H groups in total. The molecule has 0 aliphatic heterocycles. The zero-order valence-corrected chi connectivity index (χ0v) is 12.3. The predicted molar refractivity (Wildman–Crippen MR) is 74.8 cm³/mol. The first-order chi connectivity index (χ1) is 9.02. The number of halogens is 1. The molecule has 1 aromatic heterocycles. The van der Waals surface area contributed by atoms with E-state index in [1.165, 1.54) is 0 Å². The minimum atomic E-state index is -1.11. The minimum Gasteiger partial charge on any atom is -0.475 e. The van der Waals surface area contributed by atoms with Gasteiger partial charge in [0, 0.05) is 10.9 Å². The van der Waals surface area contributed by atoms with Gasteiger partial charge >= 0.3 is 5.97 Å². The molecule has 100 valence electrons. The summed E-state index contributed by atoms with van der Waals surface area (Å²) < 4.78 is 2.54. The molecule has 2 aromatic rings. The lowest BCUT2D eigenvalue weighted by Gasteiger charge is -2.08. The zero-order valence-electron chi connectivity index (χ0n) is 10.7. The van der Waals surface area contributed by atoms with Crippen LogP contribution in [0, 0.1) is 6.92 Å². The topological polar surface area (TPSA) is 68.0 Å². The lowest BCUT2D eigenvalue weighted by molar-refractivity contribution is 0.0683. The molecular formula is C13H14BrN3O2. The summed E-state index contributed by atoms with van der Waals surface area (Å²) in [4.78, 5) is 15.1. The molecule has 1 heterocycles. The number of aromatic carboxylic acids is 1. The fraction of sp³-hybridized carbons (Fsp3) is 0.308. The van der Waals surface area contributed by atoms with Gasteiger partial charge in [-0.1, -0.05) is 28.9 Å². The lowest BCUT2D eigenvalue weighted by Crippen LogP contribution is -2.05. The van der Waals surface area contributed by atoms with Crippen LogP contribution in [0.4, 0.5) is 0 Å². The summed E-state index contributed by atoms with van der Waals surface area (Å²) in [5.74, 6) is -0.604. The van der Waals surface area contributed by atoms with Gasteiger partial charge in [-0.05, 0) is 31.0 Å². The number of carboxylic acid groups (broad SMARTS) is 1. The van der Waals surface area contributed by atoms with Crippen molar-refractivity contribution in [1.82, 2.24) is 14.8 Å². The van der Waals surface area contributed by atoms with Crippen molar-refractivity contribution in [1.29, 1.82) is 0 Å². The highest BCUT2D eigenvalue weighted by Gasteiger charge is 2.17. The molecule has 0 fully saturated rings. The lowest BCUT2D eigenvalue weighted by atomic mass is 10.2. The molecule has 0 aliphatic carbocycles. The summed E-state index contributed by atoms with van der Waals surface area (Å²) in [6.45, 7) is 3.98. The van der Waals surface area contributed by atoms with E-state index in [1.54, 1.807) is 4.68 Å². The first-order valence-corrected chi connectivity index (χ1v) is 6.78. The molecule has 0 saturated carbocycles. The molecule has 0 atom stereocenters. The zero-order chi connectivity index (χ0) is 14.0. The van der Waals surface area contributed by atoms with Crippen molar-refractivity contribution < 1.29 is 9.90 Å². The Morgan fingerprint density at radius 2 is 2.21 bits per heavy atom. The molecule has 19 heavy (non-hydrogen) atoms. The van der Waals surface area contributed by atoms with Crippen molar-refractivity contribution in [3.05, 3.63) is 39.9 Å². The Morgan fingerprint density at radius 3 is 2.84 bits per heavy atom. The summed E-state index contributed by atoms with van der Waals surface area (Å²) in [5.41, 5.74) is 1.86. The van der Waals surface area contributed by atoms with Gasteiger partial charge in [-0.3, -0.25) is 0 Å². The van der Waals surface area contributed by atoms with Gasteiger partial charge in [0.1, 0.15) is 5.82 Å². The predicted octanol–water partition coefficient (Wildman–Crippen LogP) is 2.99. The van der Waals surface area contributed by atoms with Gasteiger partial charge in [-0.15, -0.1) is 5.10 Å². The third kappa shape index (κ3) is 2.84. The average Bonchev–Trinajstić information content (AvgIpc) is 2.77. The van der Waals surface area contributed by atoms with Crippen molar-refractivity contribution >= 4 is 21.9 Å². The van der Waals surface area contributed by atoms with Crippen molar-refractivity contribution in [3.63, 3.8) is 0 Å². The molecule has 0 saturated heterocycles. The van der Waals surface area contributed by atoms with Crippen LogP contribution >= 0.6 is 15.9 Å². The number of benzene rings is 1. The number of carboxylic acids is 1. The van der Waals surface area contributed by atoms with E-state index < -0.39 is 5.97 Å². The third-order valence-electron chi connectivity index (χ3n) is 2.74. The molecule has 0 radical (unpaired) electrons. The van der Waals surface area contributed by atoms with Gasteiger partial charge < -0.3 is 5.11 Å². The number of aromatic nitrogens is 3. The van der Waals surface area contributed by atoms with Gasteiger partial charge in [-0.25, -0.2) is 14.5 Å². The van der Waals surface area contributed by atoms with Gasteiger partial charge in [-0.2, -0.15) is 0 Å². The highest BCUT2D eigenvalue weighted by atomic mass is 79.9. The SMILES string of the molecule is CCCc1nc(C(=O)O)nn1-c1cc(Br)ccc1C. The van der Waals surface area contributed by atoms with Crippen molar-refractivity contribution in [2.75, 3.05) is 0 Å². The van der Waals surface area contributed by atoms with Gasteiger partial charge in [0.15, 0.2) is 0 Å². The maximum absolute atomic E-state index is 11.0. The Kier molecular flexibility index (Phi) is 3.99. The summed E-state index contributed by atoms with van der Waals surface area (Å²) in [6.07, 6.45) is 1.57. The van der Waals surface area contributed by atoms with Crippen molar-refractivity contribution in [2.24, 2.45) is 0 Å². The molecule has 0 unspecified atom stereocenters. The fourth-order valence-corrected chi connectivity index (χ4v) is 2.17. The quantitative estimate of drug-likeness (QED) is 0.939. The summed E-state index contributed by atoms with van der Waals surface area (Å²) in [5, 5.41) is 13.1. The van der Waals surface area contributed by atoms with E-state index in [0.29, 0.717) is 12.2 Å². The Hall–Kier alpha value is -1.69. The molecule has 0 aliphatic rings. The van der Waals surface area contributed by atoms with Crippen LogP contribution < -0.4 is 0 Å². The second kappa shape index (κ2) is 5.52. The molecule has 2 rings (SSSR count). The van der Waals surface area contributed by atoms with Crippen LogP contribution in [0.2, 0.25) is 0 Å². The van der Waals surface area contributed by atoms with E-state index in [4.69, 9.17) is 5.11 Å².